The Hall–Kier alpha value is -4.79. The molecule has 3 aromatic heterocycles. The molecule has 0 bridgehead atoms. The Kier molecular flexibility index (Phi) is 4.65. The van der Waals surface area contributed by atoms with Crippen molar-refractivity contribution < 1.29 is 4.39 Å². The predicted molar refractivity (Wildman–Crippen MR) is 130 cm³/mol. The van der Waals surface area contributed by atoms with Gasteiger partial charge in [0, 0.05) is 28.1 Å². The third-order valence-corrected chi connectivity index (χ3v) is 5.74. The van der Waals surface area contributed by atoms with Crippen molar-refractivity contribution in [3.8, 4) is 22.6 Å². The van der Waals surface area contributed by atoms with Crippen molar-refractivity contribution in [2.45, 2.75) is 6.67 Å². The molecule has 0 saturated heterocycles. The molecule has 34 heavy (non-hydrogen) atoms. The highest BCUT2D eigenvalue weighted by atomic mass is 19.1. The first-order valence-electron chi connectivity index (χ1n) is 10.6. The molecule has 0 radical (unpaired) electrons. The summed E-state index contributed by atoms with van der Waals surface area (Å²) in [7, 11) is 0. The van der Waals surface area contributed by atoms with Gasteiger partial charge in [0.05, 0.1) is 22.1 Å². The summed E-state index contributed by atoms with van der Waals surface area (Å²) in [5, 5.41) is 17.1. The lowest BCUT2D eigenvalue weighted by atomic mass is 10.0. The number of alkyl halides is 1. The number of fused-ring (bicyclic) bond motifs is 2. The van der Waals surface area contributed by atoms with Crippen LogP contribution in [0.4, 0.5) is 16.0 Å². The molecule has 9 heteroatoms. The van der Waals surface area contributed by atoms with Gasteiger partial charge < -0.3 is 5.32 Å². The van der Waals surface area contributed by atoms with Gasteiger partial charge >= 0.3 is 0 Å². The number of nitrogens with one attached hydrogen (secondary N) is 4. The first-order chi connectivity index (χ1) is 16.7. The number of benzene rings is 3. The van der Waals surface area contributed by atoms with Crippen LogP contribution in [0, 0.1) is 0 Å². The van der Waals surface area contributed by atoms with Crippen LogP contribution in [0.15, 0.2) is 77.6 Å². The molecular weight excluding hydrogens is 433 g/mol. The zero-order chi connectivity index (χ0) is 23.1. The molecule has 3 aromatic carbocycles. The first kappa shape index (κ1) is 19.9. The van der Waals surface area contributed by atoms with E-state index < -0.39 is 6.67 Å². The molecule has 0 saturated carbocycles. The van der Waals surface area contributed by atoms with Crippen LogP contribution in [0.5, 0.6) is 0 Å². The number of hydrogen-bond acceptors (Lipinski definition) is 5. The molecule has 0 aliphatic heterocycles. The Morgan fingerprint density at radius 3 is 2.56 bits per heavy atom. The number of H-pyrrole nitrogens is 3. The fourth-order valence-electron chi connectivity index (χ4n) is 4.11. The summed E-state index contributed by atoms with van der Waals surface area (Å²) in [6.45, 7) is -0.834. The van der Waals surface area contributed by atoms with Crippen LogP contribution in [0.25, 0.3) is 44.5 Å². The highest BCUT2D eigenvalue weighted by Crippen LogP contribution is 2.31. The molecule has 3 heterocycles. The summed E-state index contributed by atoms with van der Waals surface area (Å²) in [6, 6.07) is 22.7. The minimum atomic E-state index is -0.834. The van der Waals surface area contributed by atoms with E-state index in [0.29, 0.717) is 34.2 Å². The maximum absolute atomic E-state index is 14.2. The number of halogens is 1. The molecule has 0 spiro atoms. The smallest absolute Gasteiger partial charge is 0.272 e. The van der Waals surface area contributed by atoms with Crippen molar-refractivity contribution in [2.75, 3.05) is 5.32 Å². The lowest BCUT2D eigenvalue weighted by molar-refractivity contribution is 0.488. The fraction of sp³-hybridized carbons (Fsp3) is 0.0400. The van der Waals surface area contributed by atoms with E-state index in [-0.39, 0.29) is 16.5 Å². The molecule has 6 rings (SSSR count). The molecular formula is C25H18FN7O. The van der Waals surface area contributed by atoms with Gasteiger partial charge in [0.2, 0.25) is 0 Å². The summed E-state index contributed by atoms with van der Waals surface area (Å²) in [5.74, 6) is 1.41. The minimum Gasteiger partial charge on any atom is -0.323 e. The van der Waals surface area contributed by atoms with Gasteiger partial charge in [-0.3, -0.25) is 20.1 Å². The van der Waals surface area contributed by atoms with Gasteiger partial charge in [-0.25, -0.2) is 14.4 Å². The summed E-state index contributed by atoms with van der Waals surface area (Å²) in [5.41, 5.74) is 3.25. The zero-order valence-electron chi connectivity index (χ0n) is 17.8. The summed E-state index contributed by atoms with van der Waals surface area (Å²) >= 11 is 0. The average Bonchev–Trinajstić information content (AvgIpc) is 3.47. The normalized spacial score (nSPS) is 11.3. The number of aromatic amines is 3. The van der Waals surface area contributed by atoms with E-state index in [1.807, 2.05) is 60.7 Å². The Morgan fingerprint density at radius 2 is 1.71 bits per heavy atom. The molecule has 8 nitrogen and oxygen atoms in total. The number of rotatable bonds is 5. The molecule has 0 fully saturated rings. The van der Waals surface area contributed by atoms with Gasteiger partial charge in [0.25, 0.3) is 5.56 Å². The summed E-state index contributed by atoms with van der Waals surface area (Å²) < 4.78 is 14.2. The van der Waals surface area contributed by atoms with Gasteiger partial charge in [-0.1, -0.05) is 42.5 Å². The molecule has 0 aliphatic carbocycles. The molecule has 4 N–H and O–H groups in total. The molecule has 6 aromatic rings. The predicted octanol–water partition coefficient (Wildman–Crippen LogP) is 5.07. The van der Waals surface area contributed by atoms with Gasteiger partial charge in [-0.15, -0.1) is 0 Å². The maximum atomic E-state index is 14.2. The fourth-order valence-corrected chi connectivity index (χ4v) is 4.11. The highest BCUT2D eigenvalue weighted by Gasteiger charge is 2.18. The van der Waals surface area contributed by atoms with Crippen LogP contribution >= 0.6 is 0 Å². The third-order valence-electron chi connectivity index (χ3n) is 5.74. The van der Waals surface area contributed by atoms with Crippen molar-refractivity contribution in [3.05, 3.63) is 88.7 Å². The lowest BCUT2D eigenvalue weighted by Gasteiger charge is -2.12. The van der Waals surface area contributed by atoms with Crippen LogP contribution < -0.4 is 10.9 Å². The highest BCUT2D eigenvalue weighted by molar-refractivity contribution is 5.92. The van der Waals surface area contributed by atoms with E-state index in [9.17, 15) is 9.18 Å². The van der Waals surface area contributed by atoms with E-state index in [2.05, 4.69) is 30.7 Å². The average molecular weight is 451 g/mol. The Labute approximate surface area is 191 Å². The molecule has 0 unspecified atom stereocenters. The van der Waals surface area contributed by atoms with Crippen molar-refractivity contribution in [2.24, 2.45) is 0 Å². The largest absolute Gasteiger partial charge is 0.323 e. The number of hydrogen-bond donors (Lipinski definition) is 4. The topological polar surface area (TPSA) is 115 Å². The van der Waals surface area contributed by atoms with Gasteiger partial charge in [-0.05, 0) is 24.3 Å². The second-order valence-corrected chi connectivity index (χ2v) is 7.80. The lowest BCUT2D eigenvalue weighted by Crippen LogP contribution is -2.04. The second-order valence-electron chi connectivity index (χ2n) is 7.80. The van der Waals surface area contributed by atoms with E-state index in [4.69, 9.17) is 4.98 Å². The van der Waals surface area contributed by atoms with E-state index in [1.54, 1.807) is 12.1 Å². The number of anilines is 2. The standard InChI is InChI=1S/C25H18FN7O/c26-13-17-15(10-11-19-22(17)25(34)33-31-19)23-27-20(14-6-2-1-3-7-14)12-21(28-23)29-24-16-8-4-5-9-18(16)30-32-24/h1-12H,13H2,(H2,31,33,34)(H2,27,28,29,30,32). The van der Waals surface area contributed by atoms with Crippen LogP contribution in [0.2, 0.25) is 0 Å². The van der Waals surface area contributed by atoms with Crippen molar-refractivity contribution in [3.63, 3.8) is 0 Å². The van der Waals surface area contributed by atoms with Gasteiger partial charge in [0.1, 0.15) is 12.5 Å². The van der Waals surface area contributed by atoms with Crippen molar-refractivity contribution in [1.29, 1.82) is 0 Å². The van der Waals surface area contributed by atoms with Crippen LogP contribution in [0.3, 0.4) is 0 Å². The third kappa shape index (κ3) is 3.30. The van der Waals surface area contributed by atoms with Crippen LogP contribution in [-0.4, -0.2) is 30.4 Å². The van der Waals surface area contributed by atoms with E-state index in [0.717, 1.165) is 16.5 Å². The van der Waals surface area contributed by atoms with E-state index in [1.165, 1.54) is 0 Å². The molecule has 0 amide bonds. The quantitative estimate of drug-likeness (QED) is 0.292. The van der Waals surface area contributed by atoms with Crippen molar-refractivity contribution >= 4 is 33.4 Å². The Balaban J connectivity index is 1.55. The molecule has 0 aliphatic rings. The Morgan fingerprint density at radius 1 is 0.882 bits per heavy atom. The summed E-state index contributed by atoms with van der Waals surface area (Å²) in [4.78, 5) is 21.7. The summed E-state index contributed by atoms with van der Waals surface area (Å²) in [6.07, 6.45) is 0. The van der Waals surface area contributed by atoms with Crippen molar-refractivity contribution in [1.82, 2.24) is 30.4 Å². The Bertz CT molecular complexity index is 1700. The molecule has 0 atom stereocenters. The first-order valence-corrected chi connectivity index (χ1v) is 10.6. The number of para-hydroxylation sites is 1. The van der Waals surface area contributed by atoms with Crippen LogP contribution in [0.1, 0.15) is 5.56 Å². The van der Waals surface area contributed by atoms with Gasteiger partial charge in [-0.2, -0.15) is 5.10 Å². The molecule has 166 valence electrons. The van der Waals surface area contributed by atoms with E-state index >= 15 is 0 Å². The van der Waals surface area contributed by atoms with Crippen LogP contribution in [-0.2, 0) is 6.67 Å². The number of nitrogens with zero attached hydrogens (tertiary/aromatic N) is 3. The number of aromatic nitrogens is 6. The zero-order valence-corrected chi connectivity index (χ0v) is 17.8. The minimum absolute atomic E-state index is 0.237. The second kappa shape index (κ2) is 7.96. The SMILES string of the molecule is O=c1[nH][nH]c2ccc(-c3nc(Nc4n[nH]c5ccccc45)cc(-c4ccccc4)n3)c(CF)c12. The van der Waals surface area contributed by atoms with Gasteiger partial charge in [0.15, 0.2) is 11.6 Å². The maximum Gasteiger partial charge on any atom is 0.272 e. The monoisotopic (exact) mass is 451 g/mol.